The second kappa shape index (κ2) is 9.30. The van der Waals surface area contributed by atoms with E-state index < -0.39 is 0 Å². The van der Waals surface area contributed by atoms with E-state index in [2.05, 4.69) is 6.92 Å². The third kappa shape index (κ3) is 4.32. The molecule has 2 heterocycles. The summed E-state index contributed by atoms with van der Waals surface area (Å²) in [4.78, 5) is 20.9. The number of hydrogen-bond donors (Lipinski definition) is 0. The Morgan fingerprint density at radius 2 is 1.97 bits per heavy atom. The summed E-state index contributed by atoms with van der Waals surface area (Å²) in [6.45, 7) is 2.81. The Morgan fingerprint density at radius 1 is 1.19 bits per heavy atom. The van der Waals surface area contributed by atoms with Gasteiger partial charge in [0.25, 0.3) is 5.56 Å². The molecule has 1 aliphatic rings. The molecule has 164 valence electrons. The zero-order valence-electron chi connectivity index (χ0n) is 17.7. The molecule has 0 amide bonds. The van der Waals surface area contributed by atoms with Crippen molar-refractivity contribution in [2.24, 2.45) is 5.92 Å². The van der Waals surface area contributed by atoms with Crippen LogP contribution < -0.4 is 10.3 Å². The van der Waals surface area contributed by atoms with Crippen molar-refractivity contribution < 1.29 is 4.74 Å². The SMILES string of the molecule is CC1CCc2c(sc3nc(SCCOc4ccccc4)n(-c4ccc(Cl)cc4)c(=O)c23)C1. The Balaban J connectivity index is 1.52. The Hall–Kier alpha value is -2.28. The first-order valence-corrected chi connectivity index (χ1v) is 12.9. The molecule has 0 spiro atoms. The van der Waals surface area contributed by atoms with E-state index in [4.69, 9.17) is 21.3 Å². The van der Waals surface area contributed by atoms with E-state index in [-0.39, 0.29) is 5.56 Å². The van der Waals surface area contributed by atoms with Crippen LogP contribution in [0.2, 0.25) is 5.02 Å². The van der Waals surface area contributed by atoms with Gasteiger partial charge < -0.3 is 4.74 Å². The molecule has 0 radical (unpaired) electrons. The second-order valence-electron chi connectivity index (χ2n) is 8.05. The minimum absolute atomic E-state index is 0.0100. The van der Waals surface area contributed by atoms with Gasteiger partial charge in [0.15, 0.2) is 5.16 Å². The predicted octanol–water partition coefficient (Wildman–Crippen LogP) is 6.40. The molecule has 2 aromatic heterocycles. The number of thioether (sulfide) groups is 1. The average Bonchev–Trinajstić information content (AvgIpc) is 3.16. The first-order chi connectivity index (χ1) is 15.6. The van der Waals surface area contributed by atoms with Gasteiger partial charge in [-0.3, -0.25) is 9.36 Å². The average molecular weight is 483 g/mol. The molecule has 4 nitrogen and oxygen atoms in total. The van der Waals surface area contributed by atoms with Gasteiger partial charge in [-0.1, -0.05) is 48.5 Å². The molecule has 0 aliphatic heterocycles. The maximum Gasteiger partial charge on any atom is 0.267 e. The van der Waals surface area contributed by atoms with Crippen LogP contribution in [0.3, 0.4) is 0 Å². The van der Waals surface area contributed by atoms with Gasteiger partial charge >= 0.3 is 0 Å². The lowest BCUT2D eigenvalue weighted by atomic mass is 9.89. The van der Waals surface area contributed by atoms with Gasteiger partial charge in [0.05, 0.1) is 17.7 Å². The molecule has 0 N–H and O–H groups in total. The molecule has 2 aromatic carbocycles. The standard InChI is InChI=1S/C25H23ClN2O2S2/c1-16-7-12-20-21(15-16)32-23-22(20)24(29)28(18-10-8-17(26)9-11-18)25(27-23)31-14-13-30-19-5-3-2-4-6-19/h2-6,8-11,16H,7,12-15H2,1H3. The van der Waals surface area contributed by atoms with Crippen LogP contribution in [0.1, 0.15) is 23.8 Å². The van der Waals surface area contributed by atoms with Crippen LogP contribution in [0.15, 0.2) is 64.5 Å². The van der Waals surface area contributed by atoms with Crippen LogP contribution in [0.5, 0.6) is 5.75 Å². The fourth-order valence-corrected chi connectivity index (χ4v) is 6.47. The lowest BCUT2D eigenvalue weighted by molar-refractivity contribution is 0.344. The molecule has 7 heteroatoms. The number of fused-ring (bicyclic) bond motifs is 3. The molecule has 4 aromatic rings. The fourth-order valence-electron chi connectivity index (χ4n) is 4.10. The van der Waals surface area contributed by atoms with Crippen LogP contribution >= 0.6 is 34.7 Å². The summed E-state index contributed by atoms with van der Waals surface area (Å²) in [5.41, 5.74) is 1.99. The summed E-state index contributed by atoms with van der Waals surface area (Å²) in [7, 11) is 0. The van der Waals surface area contributed by atoms with Crippen molar-refractivity contribution in [2.45, 2.75) is 31.3 Å². The molecule has 5 rings (SSSR count). The lowest BCUT2D eigenvalue weighted by Crippen LogP contribution is -2.23. The van der Waals surface area contributed by atoms with Crippen molar-refractivity contribution in [3.8, 4) is 11.4 Å². The van der Waals surface area contributed by atoms with E-state index in [0.29, 0.717) is 28.5 Å². The summed E-state index contributed by atoms with van der Waals surface area (Å²) < 4.78 is 7.57. The Bertz CT molecular complexity index is 1300. The van der Waals surface area contributed by atoms with Crippen molar-refractivity contribution in [1.29, 1.82) is 0 Å². The van der Waals surface area contributed by atoms with E-state index >= 15 is 0 Å². The van der Waals surface area contributed by atoms with E-state index in [9.17, 15) is 4.79 Å². The highest BCUT2D eigenvalue weighted by Gasteiger charge is 2.25. The lowest BCUT2D eigenvalue weighted by Gasteiger charge is -2.18. The number of ether oxygens (including phenoxy) is 1. The maximum atomic E-state index is 13.8. The number of thiophene rings is 1. The highest BCUT2D eigenvalue weighted by molar-refractivity contribution is 7.99. The molecular weight excluding hydrogens is 460 g/mol. The van der Waals surface area contributed by atoms with Crippen LogP contribution in [-0.4, -0.2) is 21.9 Å². The van der Waals surface area contributed by atoms with Gasteiger partial charge in [-0.05, 0) is 67.1 Å². The van der Waals surface area contributed by atoms with Crippen LogP contribution in [0.25, 0.3) is 15.9 Å². The van der Waals surface area contributed by atoms with Crippen molar-refractivity contribution in [3.63, 3.8) is 0 Å². The number of aromatic nitrogens is 2. The molecule has 1 unspecified atom stereocenters. The Morgan fingerprint density at radius 3 is 2.75 bits per heavy atom. The minimum atomic E-state index is 0.0100. The van der Waals surface area contributed by atoms with Crippen LogP contribution in [0, 0.1) is 5.92 Å². The summed E-state index contributed by atoms with van der Waals surface area (Å²) in [5.74, 6) is 2.17. The fraction of sp³-hybridized carbons (Fsp3) is 0.280. The molecule has 0 bridgehead atoms. The third-order valence-corrected chi connectivity index (χ3v) is 8.01. The highest BCUT2D eigenvalue weighted by atomic mass is 35.5. The molecule has 0 fully saturated rings. The van der Waals surface area contributed by atoms with Crippen LogP contribution in [-0.2, 0) is 12.8 Å². The van der Waals surface area contributed by atoms with Gasteiger partial charge in [-0.15, -0.1) is 11.3 Å². The number of halogens is 1. The summed E-state index contributed by atoms with van der Waals surface area (Å²) in [6.07, 6.45) is 3.10. The summed E-state index contributed by atoms with van der Waals surface area (Å²) in [5, 5.41) is 2.12. The van der Waals surface area contributed by atoms with Gasteiger partial charge in [-0.2, -0.15) is 0 Å². The van der Waals surface area contributed by atoms with Crippen molar-refractivity contribution >= 4 is 44.9 Å². The van der Waals surface area contributed by atoms with E-state index in [1.54, 1.807) is 27.7 Å². The number of benzene rings is 2. The van der Waals surface area contributed by atoms with E-state index in [1.807, 2.05) is 54.6 Å². The molecular formula is C25H23ClN2O2S2. The minimum Gasteiger partial charge on any atom is -0.493 e. The molecule has 0 saturated heterocycles. The first kappa shape index (κ1) is 21.6. The zero-order chi connectivity index (χ0) is 22.1. The highest BCUT2D eigenvalue weighted by Crippen LogP contribution is 2.37. The topological polar surface area (TPSA) is 44.1 Å². The molecule has 1 aliphatic carbocycles. The predicted molar refractivity (Wildman–Crippen MR) is 134 cm³/mol. The number of hydrogen-bond acceptors (Lipinski definition) is 5. The van der Waals surface area contributed by atoms with Crippen LogP contribution in [0.4, 0.5) is 0 Å². The van der Waals surface area contributed by atoms with Gasteiger partial charge in [0.1, 0.15) is 10.6 Å². The molecule has 0 saturated carbocycles. The number of rotatable bonds is 6. The maximum absolute atomic E-state index is 13.8. The third-order valence-electron chi connectivity index (χ3n) is 5.71. The van der Waals surface area contributed by atoms with Gasteiger partial charge in [-0.25, -0.2) is 4.98 Å². The largest absolute Gasteiger partial charge is 0.493 e. The summed E-state index contributed by atoms with van der Waals surface area (Å²) >= 11 is 9.33. The monoisotopic (exact) mass is 482 g/mol. The van der Waals surface area contributed by atoms with E-state index in [1.165, 1.54) is 10.4 Å². The van der Waals surface area contributed by atoms with Crippen molar-refractivity contribution in [1.82, 2.24) is 9.55 Å². The van der Waals surface area contributed by atoms with E-state index in [0.717, 1.165) is 40.9 Å². The zero-order valence-corrected chi connectivity index (χ0v) is 20.1. The first-order valence-electron chi connectivity index (χ1n) is 10.7. The molecule has 1 atom stereocenters. The van der Waals surface area contributed by atoms with Crippen molar-refractivity contribution in [3.05, 3.63) is 80.4 Å². The van der Waals surface area contributed by atoms with Crippen molar-refractivity contribution in [2.75, 3.05) is 12.4 Å². The van der Waals surface area contributed by atoms with Gasteiger partial charge in [0, 0.05) is 15.7 Å². The Labute approximate surface area is 200 Å². The number of aryl methyl sites for hydroxylation is 1. The normalized spacial score (nSPS) is 15.6. The smallest absolute Gasteiger partial charge is 0.267 e. The quantitative estimate of drug-likeness (QED) is 0.181. The number of nitrogens with zero attached hydrogens (tertiary/aromatic N) is 2. The molecule has 32 heavy (non-hydrogen) atoms. The van der Waals surface area contributed by atoms with Gasteiger partial charge in [0.2, 0.25) is 0 Å². The number of para-hydroxylation sites is 1. The Kier molecular flexibility index (Phi) is 6.26. The second-order valence-corrected chi connectivity index (χ2v) is 10.6. The summed E-state index contributed by atoms with van der Waals surface area (Å²) in [6, 6.07) is 17.1.